The Labute approximate surface area is 105 Å². The molecule has 0 aliphatic carbocycles. The van der Waals surface area contributed by atoms with Crippen LogP contribution in [0, 0.1) is 0 Å². The monoisotopic (exact) mass is 260 g/mol. The Morgan fingerprint density at radius 3 is 2.65 bits per heavy atom. The van der Waals surface area contributed by atoms with E-state index in [2.05, 4.69) is 9.80 Å². The van der Waals surface area contributed by atoms with Gasteiger partial charge in [0.25, 0.3) is 0 Å². The van der Waals surface area contributed by atoms with Crippen molar-refractivity contribution in [1.82, 2.24) is 9.80 Å². The van der Waals surface area contributed by atoms with E-state index in [9.17, 15) is 8.42 Å². The summed E-state index contributed by atoms with van der Waals surface area (Å²) < 4.78 is 22.7. The van der Waals surface area contributed by atoms with E-state index in [-0.39, 0.29) is 6.04 Å². The molecule has 2 heterocycles. The third kappa shape index (κ3) is 3.66. The first-order valence-corrected chi connectivity index (χ1v) is 8.67. The lowest BCUT2D eigenvalue weighted by Crippen LogP contribution is -2.43. The number of nitrogens with zero attached hydrogens (tertiary/aromatic N) is 2. The van der Waals surface area contributed by atoms with Crippen LogP contribution in [0.3, 0.4) is 0 Å². The molecule has 100 valence electrons. The van der Waals surface area contributed by atoms with Gasteiger partial charge in [-0.2, -0.15) is 0 Å². The van der Waals surface area contributed by atoms with Crippen molar-refractivity contribution in [1.29, 1.82) is 0 Å². The van der Waals surface area contributed by atoms with E-state index in [0.29, 0.717) is 11.8 Å². The minimum atomic E-state index is -2.86. The summed E-state index contributed by atoms with van der Waals surface area (Å²) in [5, 5.41) is 0. The molecule has 2 saturated heterocycles. The van der Waals surface area contributed by atoms with Crippen molar-refractivity contribution < 1.29 is 8.42 Å². The van der Waals surface area contributed by atoms with Gasteiger partial charge in [-0.15, -0.1) is 0 Å². The van der Waals surface area contributed by atoms with Crippen LogP contribution in [-0.4, -0.2) is 68.5 Å². The highest BCUT2D eigenvalue weighted by Crippen LogP contribution is 2.22. The van der Waals surface area contributed by atoms with Crippen LogP contribution in [-0.2, 0) is 9.84 Å². The third-order valence-corrected chi connectivity index (χ3v) is 5.09. The molecule has 0 bridgehead atoms. The van der Waals surface area contributed by atoms with Gasteiger partial charge in [-0.1, -0.05) is 0 Å². The molecule has 17 heavy (non-hydrogen) atoms. The molecule has 2 unspecified atom stereocenters. The molecule has 2 atom stereocenters. The van der Waals surface area contributed by atoms with Crippen molar-refractivity contribution in [3.05, 3.63) is 0 Å². The van der Waals surface area contributed by atoms with E-state index >= 15 is 0 Å². The molecule has 0 aromatic heterocycles. The Hall–Kier alpha value is -0.130. The zero-order valence-corrected chi connectivity index (χ0v) is 11.7. The minimum Gasteiger partial charge on any atom is -0.299 e. The van der Waals surface area contributed by atoms with Gasteiger partial charge in [-0.05, 0) is 45.8 Å². The molecule has 0 amide bonds. The van der Waals surface area contributed by atoms with E-state index in [0.717, 1.165) is 13.1 Å². The Kier molecular flexibility index (Phi) is 4.10. The number of hydrogen-bond acceptors (Lipinski definition) is 4. The topological polar surface area (TPSA) is 40.6 Å². The first kappa shape index (κ1) is 13.3. The van der Waals surface area contributed by atoms with Crippen LogP contribution >= 0.6 is 0 Å². The highest BCUT2D eigenvalue weighted by Gasteiger charge is 2.30. The normalized spacial score (nSPS) is 29.9. The van der Waals surface area contributed by atoms with E-state index in [1.807, 2.05) is 6.92 Å². The van der Waals surface area contributed by atoms with Crippen molar-refractivity contribution in [2.45, 2.75) is 38.3 Å². The average molecular weight is 260 g/mol. The highest BCUT2D eigenvalue weighted by atomic mass is 32.2. The Bertz CT molecular complexity index is 356. The highest BCUT2D eigenvalue weighted by molar-refractivity contribution is 7.90. The lowest BCUT2D eigenvalue weighted by Gasteiger charge is -2.30. The predicted octanol–water partition coefficient (Wildman–Crippen LogP) is 0.590. The first-order valence-electron chi connectivity index (χ1n) is 6.61. The predicted molar refractivity (Wildman–Crippen MR) is 70.0 cm³/mol. The SMILES string of the molecule is CC(CS(C)(=O)=O)N1CCCN2CCCC2C1. The largest absolute Gasteiger partial charge is 0.299 e. The van der Waals surface area contributed by atoms with E-state index in [1.165, 1.54) is 38.6 Å². The molecule has 2 rings (SSSR count). The standard InChI is InChI=1S/C12H24N2O2S/c1-11(10-17(2,15)16)14-8-4-7-13-6-3-5-12(13)9-14/h11-12H,3-10H2,1-2H3. The summed E-state index contributed by atoms with van der Waals surface area (Å²) >= 11 is 0. The molecule has 0 aromatic carbocycles. The molecular weight excluding hydrogens is 236 g/mol. The molecular formula is C12H24N2O2S. The van der Waals surface area contributed by atoms with Gasteiger partial charge in [0.15, 0.2) is 0 Å². The summed E-state index contributed by atoms with van der Waals surface area (Å²) in [6.07, 6.45) is 5.09. The maximum atomic E-state index is 11.4. The van der Waals surface area contributed by atoms with Crippen molar-refractivity contribution in [3.8, 4) is 0 Å². The third-order valence-electron chi connectivity index (χ3n) is 4.00. The Morgan fingerprint density at radius 1 is 1.24 bits per heavy atom. The number of sulfone groups is 1. The van der Waals surface area contributed by atoms with E-state index < -0.39 is 9.84 Å². The summed E-state index contributed by atoms with van der Waals surface area (Å²) in [5.41, 5.74) is 0. The summed E-state index contributed by atoms with van der Waals surface area (Å²) in [6, 6.07) is 0.824. The van der Waals surface area contributed by atoms with Gasteiger partial charge in [-0.25, -0.2) is 8.42 Å². The second-order valence-corrected chi connectivity index (χ2v) is 7.81. The maximum Gasteiger partial charge on any atom is 0.148 e. The Morgan fingerprint density at radius 2 is 1.94 bits per heavy atom. The fourth-order valence-corrected chi connectivity index (χ4v) is 4.27. The second kappa shape index (κ2) is 5.24. The smallest absolute Gasteiger partial charge is 0.148 e. The molecule has 2 aliphatic heterocycles. The van der Waals surface area contributed by atoms with Crippen LogP contribution in [0.15, 0.2) is 0 Å². The molecule has 0 aromatic rings. The fourth-order valence-electron chi connectivity index (χ4n) is 3.18. The molecule has 2 aliphatic rings. The molecule has 0 N–H and O–H groups in total. The van der Waals surface area contributed by atoms with Crippen molar-refractivity contribution in [3.63, 3.8) is 0 Å². The van der Waals surface area contributed by atoms with E-state index in [4.69, 9.17) is 0 Å². The quantitative estimate of drug-likeness (QED) is 0.745. The van der Waals surface area contributed by atoms with Crippen LogP contribution in [0.2, 0.25) is 0 Å². The van der Waals surface area contributed by atoms with Gasteiger partial charge in [0.1, 0.15) is 9.84 Å². The molecule has 0 spiro atoms. The van der Waals surface area contributed by atoms with Crippen LogP contribution in [0.5, 0.6) is 0 Å². The molecule has 4 nitrogen and oxygen atoms in total. The van der Waals surface area contributed by atoms with Crippen molar-refractivity contribution >= 4 is 9.84 Å². The summed E-state index contributed by atoms with van der Waals surface area (Å²) in [4.78, 5) is 4.95. The first-order chi connectivity index (χ1) is 7.96. The molecule has 2 fully saturated rings. The van der Waals surface area contributed by atoms with Crippen LogP contribution < -0.4 is 0 Å². The molecule has 0 radical (unpaired) electrons. The van der Waals surface area contributed by atoms with Crippen LogP contribution in [0.1, 0.15) is 26.2 Å². The van der Waals surface area contributed by atoms with Gasteiger partial charge in [0.2, 0.25) is 0 Å². The average Bonchev–Trinajstić information content (AvgIpc) is 2.53. The van der Waals surface area contributed by atoms with Crippen LogP contribution in [0.25, 0.3) is 0 Å². The maximum absolute atomic E-state index is 11.4. The number of fused-ring (bicyclic) bond motifs is 1. The fraction of sp³-hybridized carbons (Fsp3) is 1.00. The van der Waals surface area contributed by atoms with Gasteiger partial charge >= 0.3 is 0 Å². The second-order valence-electron chi connectivity index (χ2n) is 5.62. The van der Waals surface area contributed by atoms with Gasteiger partial charge in [0.05, 0.1) is 5.75 Å². The Balaban J connectivity index is 1.96. The number of hydrogen-bond donors (Lipinski definition) is 0. The summed E-state index contributed by atoms with van der Waals surface area (Å²) in [7, 11) is -2.86. The lowest BCUT2D eigenvalue weighted by molar-refractivity contribution is 0.191. The zero-order valence-electron chi connectivity index (χ0n) is 10.9. The van der Waals surface area contributed by atoms with E-state index in [1.54, 1.807) is 0 Å². The zero-order chi connectivity index (χ0) is 12.5. The summed E-state index contributed by atoms with van der Waals surface area (Å²) in [5.74, 6) is 0.291. The van der Waals surface area contributed by atoms with Gasteiger partial charge in [-0.3, -0.25) is 9.80 Å². The minimum absolute atomic E-state index is 0.158. The van der Waals surface area contributed by atoms with Crippen LogP contribution in [0.4, 0.5) is 0 Å². The van der Waals surface area contributed by atoms with Crippen molar-refractivity contribution in [2.24, 2.45) is 0 Å². The molecule has 5 heteroatoms. The van der Waals surface area contributed by atoms with Gasteiger partial charge in [0, 0.05) is 24.9 Å². The molecule has 0 saturated carbocycles. The number of rotatable bonds is 3. The van der Waals surface area contributed by atoms with Gasteiger partial charge < -0.3 is 0 Å². The lowest BCUT2D eigenvalue weighted by atomic mass is 10.2. The summed E-state index contributed by atoms with van der Waals surface area (Å²) in [6.45, 7) is 6.57. The van der Waals surface area contributed by atoms with Crippen molar-refractivity contribution in [2.75, 3.05) is 38.2 Å².